The Labute approximate surface area is 198 Å². The molecule has 0 aliphatic heterocycles. The normalized spacial score (nSPS) is 18.0. The second-order valence-corrected chi connectivity index (χ2v) is 10.9. The fraction of sp³-hybridized carbons (Fsp3) is 0.696. The van der Waals surface area contributed by atoms with Crippen molar-refractivity contribution in [3.63, 3.8) is 0 Å². The zero-order valence-electron chi connectivity index (χ0n) is 18.8. The van der Waals surface area contributed by atoms with Gasteiger partial charge >= 0.3 is 0 Å². The average Bonchev–Trinajstić information content (AvgIpc) is 3.45. The van der Waals surface area contributed by atoms with Crippen LogP contribution in [0.4, 0.5) is 5.13 Å². The quantitative estimate of drug-likeness (QED) is 0.356. The van der Waals surface area contributed by atoms with Crippen LogP contribution >= 0.6 is 23.1 Å². The zero-order chi connectivity index (χ0) is 22.2. The second-order valence-electron chi connectivity index (χ2n) is 8.96. The van der Waals surface area contributed by atoms with Crippen LogP contribution in [0.15, 0.2) is 17.8 Å². The van der Waals surface area contributed by atoms with Crippen molar-refractivity contribution in [1.29, 1.82) is 0 Å². The van der Waals surface area contributed by atoms with Gasteiger partial charge in [-0.3, -0.25) is 10.1 Å². The number of aryl methyl sites for hydroxylation is 1. The highest BCUT2D eigenvalue weighted by Crippen LogP contribution is 2.35. The summed E-state index contributed by atoms with van der Waals surface area (Å²) in [6, 6.07) is 0. The molecule has 0 atom stereocenters. The molecule has 9 heteroatoms. The van der Waals surface area contributed by atoms with Crippen molar-refractivity contribution in [2.45, 2.75) is 94.7 Å². The Morgan fingerprint density at radius 3 is 2.56 bits per heavy atom. The van der Waals surface area contributed by atoms with Crippen LogP contribution < -0.4 is 5.32 Å². The Bertz CT molecular complexity index is 883. The number of thioether (sulfide) groups is 1. The number of anilines is 1. The lowest BCUT2D eigenvalue weighted by atomic mass is 9.86. The minimum atomic E-state index is -0.0850. The summed E-state index contributed by atoms with van der Waals surface area (Å²) in [5, 5.41) is 22.6. The van der Waals surface area contributed by atoms with Gasteiger partial charge in [-0.2, -0.15) is 0 Å². The topological polar surface area (TPSA) is 85.6 Å². The van der Waals surface area contributed by atoms with E-state index in [1.807, 2.05) is 6.08 Å². The van der Waals surface area contributed by atoms with Crippen LogP contribution in [0, 0.1) is 5.92 Å². The van der Waals surface area contributed by atoms with Crippen LogP contribution in [-0.4, -0.2) is 36.6 Å². The molecule has 0 spiro atoms. The van der Waals surface area contributed by atoms with Gasteiger partial charge in [0.15, 0.2) is 5.16 Å². The van der Waals surface area contributed by atoms with E-state index >= 15 is 0 Å². The van der Waals surface area contributed by atoms with Crippen LogP contribution in [0.2, 0.25) is 0 Å². The Hall–Kier alpha value is -1.74. The third-order valence-corrected chi connectivity index (χ3v) is 8.55. The summed E-state index contributed by atoms with van der Waals surface area (Å²) in [4.78, 5) is 12.5. The third kappa shape index (κ3) is 6.41. The van der Waals surface area contributed by atoms with Crippen molar-refractivity contribution >= 4 is 34.1 Å². The fourth-order valence-electron chi connectivity index (χ4n) is 4.82. The molecular formula is C23H34N6OS2. The van der Waals surface area contributed by atoms with E-state index < -0.39 is 0 Å². The molecule has 4 rings (SSSR count). The molecule has 174 valence electrons. The van der Waals surface area contributed by atoms with Gasteiger partial charge in [-0.15, -0.1) is 27.0 Å². The SMILES string of the molecule is C=CCn1c(CCC2CCCCC2)nnc1SCC(=O)Nc1nnc(C2CCCCC2)s1. The number of hydrogen-bond donors (Lipinski definition) is 1. The molecule has 0 saturated heterocycles. The van der Waals surface area contributed by atoms with Gasteiger partial charge in [-0.1, -0.05) is 80.5 Å². The molecule has 2 aliphatic rings. The second kappa shape index (κ2) is 11.9. The minimum absolute atomic E-state index is 0.0850. The summed E-state index contributed by atoms with van der Waals surface area (Å²) in [6.07, 6.45) is 16.9. The number of rotatable bonds is 10. The average molecular weight is 475 g/mol. The Morgan fingerprint density at radius 2 is 1.81 bits per heavy atom. The summed E-state index contributed by atoms with van der Waals surface area (Å²) in [6.45, 7) is 4.55. The molecule has 1 N–H and O–H groups in total. The van der Waals surface area contributed by atoms with Gasteiger partial charge in [0, 0.05) is 18.9 Å². The number of hydrogen-bond acceptors (Lipinski definition) is 7. The summed E-state index contributed by atoms with van der Waals surface area (Å²) < 4.78 is 2.10. The molecule has 32 heavy (non-hydrogen) atoms. The maximum Gasteiger partial charge on any atom is 0.236 e. The molecule has 0 aromatic carbocycles. The van der Waals surface area contributed by atoms with Gasteiger partial charge in [0.25, 0.3) is 0 Å². The van der Waals surface area contributed by atoms with E-state index in [2.05, 4.69) is 36.9 Å². The van der Waals surface area contributed by atoms with Crippen molar-refractivity contribution in [3.05, 3.63) is 23.5 Å². The molecule has 2 aromatic heterocycles. The number of nitrogens with zero attached hydrogens (tertiary/aromatic N) is 5. The van der Waals surface area contributed by atoms with Crippen molar-refractivity contribution in [3.8, 4) is 0 Å². The first-order chi connectivity index (χ1) is 15.7. The van der Waals surface area contributed by atoms with E-state index in [4.69, 9.17) is 0 Å². The van der Waals surface area contributed by atoms with Crippen molar-refractivity contribution < 1.29 is 4.79 Å². The summed E-state index contributed by atoms with van der Waals surface area (Å²) in [7, 11) is 0. The molecule has 0 radical (unpaired) electrons. The smallest absolute Gasteiger partial charge is 0.236 e. The Morgan fingerprint density at radius 1 is 1.06 bits per heavy atom. The van der Waals surface area contributed by atoms with E-state index in [-0.39, 0.29) is 11.7 Å². The van der Waals surface area contributed by atoms with Gasteiger partial charge in [-0.05, 0) is 25.2 Å². The predicted molar refractivity (Wildman–Crippen MR) is 130 cm³/mol. The van der Waals surface area contributed by atoms with Crippen molar-refractivity contribution in [2.75, 3.05) is 11.1 Å². The highest BCUT2D eigenvalue weighted by atomic mass is 32.2. The minimum Gasteiger partial charge on any atom is -0.302 e. The Kier molecular flexibility index (Phi) is 8.73. The Balaban J connectivity index is 1.28. The van der Waals surface area contributed by atoms with Gasteiger partial charge in [0.05, 0.1) is 5.75 Å². The van der Waals surface area contributed by atoms with E-state index in [1.165, 1.54) is 93.7 Å². The van der Waals surface area contributed by atoms with Gasteiger partial charge in [-0.25, -0.2) is 0 Å². The third-order valence-electron chi connectivity index (χ3n) is 6.58. The van der Waals surface area contributed by atoms with Crippen LogP contribution in [0.3, 0.4) is 0 Å². The lowest BCUT2D eigenvalue weighted by Gasteiger charge is -2.21. The first-order valence-corrected chi connectivity index (χ1v) is 13.8. The zero-order valence-corrected chi connectivity index (χ0v) is 20.4. The van der Waals surface area contributed by atoms with Crippen LogP contribution in [0.1, 0.15) is 87.4 Å². The molecule has 0 bridgehead atoms. The molecular weight excluding hydrogens is 440 g/mol. The molecule has 0 unspecified atom stereocenters. The van der Waals surface area contributed by atoms with Crippen LogP contribution in [0.5, 0.6) is 0 Å². The molecule has 1 amide bonds. The number of carbonyl (C=O) groups is 1. The van der Waals surface area contributed by atoms with Crippen LogP contribution in [-0.2, 0) is 17.8 Å². The standard InChI is InChI=1S/C23H34N6OS2/c1-2-15-29-19(14-13-17-9-5-3-6-10-17)25-28-23(29)31-16-20(30)24-22-27-26-21(32-22)18-11-7-4-8-12-18/h2,17-18H,1,3-16H2,(H,24,27,30). The van der Waals surface area contributed by atoms with E-state index in [1.54, 1.807) is 0 Å². The largest absolute Gasteiger partial charge is 0.302 e. The predicted octanol–water partition coefficient (Wildman–Crippen LogP) is 5.61. The summed E-state index contributed by atoms with van der Waals surface area (Å²) >= 11 is 2.93. The molecule has 2 heterocycles. The summed E-state index contributed by atoms with van der Waals surface area (Å²) in [5.41, 5.74) is 0. The number of aromatic nitrogens is 5. The molecule has 2 aliphatic carbocycles. The maximum atomic E-state index is 12.5. The van der Waals surface area contributed by atoms with E-state index in [9.17, 15) is 4.79 Å². The van der Waals surface area contributed by atoms with Crippen molar-refractivity contribution in [2.24, 2.45) is 5.92 Å². The lowest BCUT2D eigenvalue weighted by Crippen LogP contribution is -2.15. The van der Waals surface area contributed by atoms with Crippen LogP contribution in [0.25, 0.3) is 0 Å². The van der Waals surface area contributed by atoms with Gasteiger partial charge in [0.2, 0.25) is 11.0 Å². The number of carbonyl (C=O) groups excluding carboxylic acids is 1. The summed E-state index contributed by atoms with van der Waals surface area (Å²) in [5.74, 6) is 2.50. The highest BCUT2D eigenvalue weighted by Gasteiger charge is 2.21. The monoisotopic (exact) mass is 474 g/mol. The molecule has 2 saturated carbocycles. The molecule has 2 fully saturated rings. The van der Waals surface area contributed by atoms with Crippen molar-refractivity contribution in [1.82, 2.24) is 25.0 Å². The maximum absolute atomic E-state index is 12.5. The lowest BCUT2D eigenvalue weighted by molar-refractivity contribution is -0.113. The number of amides is 1. The first-order valence-electron chi connectivity index (χ1n) is 12.0. The molecule has 7 nitrogen and oxygen atoms in total. The fourth-order valence-corrected chi connectivity index (χ4v) is 6.51. The van der Waals surface area contributed by atoms with E-state index in [0.29, 0.717) is 17.6 Å². The first kappa shape index (κ1) is 23.4. The van der Waals surface area contributed by atoms with Gasteiger partial charge < -0.3 is 4.57 Å². The molecule has 2 aromatic rings. The van der Waals surface area contributed by atoms with E-state index in [0.717, 1.165) is 28.3 Å². The number of nitrogens with one attached hydrogen (secondary N) is 1. The highest BCUT2D eigenvalue weighted by molar-refractivity contribution is 7.99. The number of allylic oxidation sites excluding steroid dienone is 1. The van der Waals surface area contributed by atoms with Gasteiger partial charge in [0.1, 0.15) is 10.8 Å².